The number of halogens is 2. The Kier molecular flexibility index (Phi) is 4.81. The molecule has 1 N–H and O–H groups in total. The number of alkyl halides is 2. The van der Waals surface area contributed by atoms with Crippen molar-refractivity contribution < 1.29 is 23.4 Å². The number of rotatable bonds is 5. The molecule has 4 nitrogen and oxygen atoms in total. The first-order valence-electron chi connectivity index (χ1n) is 4.89. The lowest BCUT2D eigenvalue weighted by Gasteiger charge is -2.05. The maximum absolute atomic E-state index is 11.9. The Morgan fingerprint density at radius 2 is 2.06 bits per heavy atom. The summed E-state index contributed by atoms with van der Waals surface area (Å²) in [7, 11) is 0. The molecule has 1 aromatic carbocycles. The molecular weight excluding hydrogens is 244 g/mol. The number of carboxylic acid groups (broad SMARTS) is 1. The van der Waals surface area contributed by atoms with E-state index in [1.54, 1.807) is 0 Å². The highest BCUT2D eigenvalue weighted by Gasteiger charge is 2.06. The zero-order chi connectivity index (χ0) is 13.5. The van der Waals surface area contributed by atoms with Gasteiger partial charge in [-0.25, -0.2) is 13.6 Å². The summed E-state index contributed by atoms with van der Waals surface area (Å²) in [4.78, 5) is 10.6. The number of nitrogens with zero attached hydrogens (tertiary/aromatic N) is 1. The average Bonchev–Trinajstić information content (AvgIpc) is 2.34. The van der Waals surface area contributed by atoms with Crippen molar-refractivity contribution in [3.8, 4) is 11.8 Å². The van der Waals surface area contributed by atoms with Crippen LogP contribution < -0.4 is 4.74 Å². The molecule has 0 heterocycles. The summed E-state index contributed by atoms with van der Waals surface area (Å²) in [5, 5.41) is 17.2. The minimum atomic E-state index is -2.55. The number of carbonyl (C=O) groups is 1. The van der Waals surface area contributed by atoms with Crippen molar-refractivity contribution in [2.24, 2.45) is 0 Å². The fraction of sp³-hybridized carbons (Fsp3) is 0.167. The molecule has 1 aromatic rings. The Labute approximate surface area is 102 Å². The molecule has 6 heteroatoms. The summed E-state index contributed by atoms with van der Waals surface area (Å²) in [6, 6.07) is 7.33. The number of benzene rings is 1. The van der Waals surface area contributed by atoms with Crippen LogP contribution in [0.3, 0.4) is 0 Å². The van der Waals surface area contributed by atoms with Crippen molar-refractivity contribution in [1.82, 2.24) is 0 Å². The van der Waals surface area contributed by atoms with Crippen LogP contribution in [0.25, 0.3) is 6.08 Å². The Morgan fingerprint density at radius 3 is 2.50 bits per heavy atom. The predicted octanol–water partition coefficient (Wildman–Crippen LogP) is 2.32. The fourth-order valence-corrected chi connectivity index (χ4v) is 1.13. The van der Waals surface area contributed by atoms with Crippen LogP contribution >= 0.6 is 0 Å². The average molecular weight is 253 g/mol. The molecule has 0 unspecified atom stereocenters. The Bertz CT molecular complexity index is 489. The van der Waals surface area contributed by atoms with Crippen LogP contribution in [-0.2, 0) is 4.79 Å². The van der Waals surface area contributed by atoms with E-state index in [0.29, 0.717) is 5.56 Å². The molecule has 94 valence electrons. The molecule has 0 aromatic heterocycles. The van der Waals surface area contributed by atoms with Crippen molar-refractivity contribution in [2.75, 3.05) is 6.61 Å². The van der Waals surface area contributed by atoms with E-state index in [-0.39, 0.29) is 5.75 Å². The van der Waals surface area contributed by atoms with E-state index >= 15 is 0 Å². The van der Waals surface area contributed by atoms with Gasteiger partial charge in [-0.3, -0.25) is 0 Å². The first-order chi connectivity index (χ1) is 8.52. The largest absolute Gasteiger partial charge is 0.488 e. The standard InChI is InChI=1S/C12H9F2NO3/c13-11(14)7-18-10-3-1-8(2-4-10)5-9(6-15)12(16)17/h1-5,11H,7H2,(H,16,17)/b9-5-. The first kappa shape index (κ1) is 13.6. The second-order valence-electron chi connectivity index (χ2n) is 3.25. The van der Waals surface area contributed by atoms with Crippen molar-refractivity contribution in [2.45, 2.75) is 6.43 Å². The molecule has 0 saturated carbocycles. The molecule has 0 radical (unpaired) electrons. The lowest BCUT2D eigenvalue weighted by molar-refractivity contribution is -0.132. The van der Waals surface area contributed by atoms with E-state index in [0.717, 1.165) is 0 Å². The third kappa shape index (κ3) is 4.22. The lowest BCUT2D eigenvalue weighted by Crippen LogP contribution is -2.06. The lowest BCUT2D eigenvalue weighted by atomic mass is 10.1. The van der Waals surface area contributed by atoms with E-state index in [2.05, 4.69) is 0 Å². The molecule has 0 saturated heterocycles. The molecule has 0 aliphatic rings. The number of hydrogen-bond acceptors (Lipinski definition) is 3. The molecule has 0 amide bonds. The summed E-state index contributed by atoms with van der Waals surface area (Å²) < 4.78 is 28.5. The number of carboxylic acids is 1. The van der Waals surface area contributed by atoms with Crippen LogP contribution in [-0.4, -0.2) is 24.1 Å². The third-order valence-electron chi connectivity index (χ3n) is 1.92. The van der Waals surface area contributed by atoms with Crippen molar-refractivity contribution >= 4 is 12.0 Å². The maximum Gasteiger partial charge on any atom is 0.346 e. The van der Waals surface area contributed by atoms with Crippen LogP contribution in [0.2, 0.25) is 0 Å². The number of nitriles is 1. The van der Waals surface area contributed by atoms with Gasteiger partial charge in [-0.05, 0) is 23.8 Å². The van der Waals surface area contributed by atoms with Gasteiger partial charge in [0.05, 0.1) is 0 Å². The van der Waals surface area contributed by atoms with E-state index in [4.69, 9.17) is 15.1 Å². The van der Waals surface area contributed by atoms with Gasteiger partial charge in [0.25, 0.3) is 6.43 Å². The molecule has 0 aliphatic heterocycles. The fourth-order valence-electron chi connectivity index (χ4n) is 1.13. The molecule has 0 bridgehead atoms. The van der Waals surface area contributed by atoms with E-state index < -0.39 is 24.6 Å². The van der Waals surface area contributed by atoms with Gasteiger partial charge in [-0.1, -0.05) is 12.1 Å². The SMILES string of the molecule is N#C/C(=C/c1ccc(OCC(F)F)cc1)C(=O)O. The minimum absolute atomic E-state index is 0.251. The molecule has 0 spiro atoms. The van der Waals surface area contributed by atoms with Crippen LogP contribution in [0.5, 0.6) is 5.75 Å². The third-order valence-corrected chi connectivity index (χ3v) is 1.92. The normalized spacial score (nSPS) is 11.1. The molecule has 0 aliphatic carbocycles. The van der Waals surface area contributed by atoms with Crippen molar-refractivity contribution in [1.29, 1.82) is 5.26 Å². The van der Waals surface area contributed by atoms with Crippen LogP contribution in [0.1, 0.15) is 5.56 Å². The van der Waals surface area contributed by atoms with Gasteiger partial charge in [0.15, 0.2) is 0 Å². The molecule has 1 rings (SSSR count). The maximum atomic E-state index is 11.9. The first-order valence-corrected chi connectivity index (χ1v) is 4.89. The van der Waals surface area contributed by atoms with Crippen LogP contribution in [0, 0.1) is 11.3 Å². The monoisotopic (exact) mass is 253 g/mol. The van der Waals surface area contributed by atoms with E-state index in [1.807, 2.05) is 0 Å². The van der Waals surface area contributed by atoms with Gasteiger partial charge < -0.3 is 9.84 Å². The summed E-state index contributed by atoms with van der Waals surface area (Å²) in [6.45, 7) is -0.701. The molecule has 0 atom stereocenters. The molecular formula is C12H9F2NO3. The van der Waals surface area contributed by atoms with Gasteiger partial charge in [-0.15, -0.1) is 0 Å². The van der Waals surface area contributed by atoms with Gasteiger partial charge >= 0.3 is 5.97 Å². The van der Waals surface area contributed by atoms with Gasteiger partial charge in [0, 0.05) is 0 Å². The zero-order valence-corrected chi connectivity index (χ0v) is 9.14. The summed E-state index contributed by atoms with van der Waals surface area (Å²) >= 11 is 0. The Balaban J connectivity index is 2.77. The second-order valence-corrected chi connectivity index (χ2v) is 3.25. The number of hydrogen-bond donors (Lipinski definition) is 1. The highest BCUT2D eigenvalue weighted by molar-refractivity contribution is 5.96. The zero-order valence-electron chi connectivity index (χ0n) is 9.14. The number of ether oxygens (including phenoxy) is 1. The van der Waals surface area contributed by atoms with E-state index in [1.165, 1.54) is 36.4 Å². The van der Waals surface area contributed by atoms with Crippen molar-refractivity contribution in [3.05, 3.63) is 35.4 Å². The van der Waals surface area contributed by atoms with Crippen LogP contribution in [0.15, 0.2) is 29.8 Å². The summed E-state index contributed by atoms with van der Waals surface area (Å²) in [6.07, 6.45) is -1.37. The summed E-state index contributed by atoms with van der Waals surface area (Å²) in [5.74, 6) is -1.07. The predicted molar refractivity (Wildman–Crippen MR) is 59.2 cm³/mol. The minimum Gasteiger partial charge on any atom is -0.488 e. The quantitative estimate of drug-likeness (QED) is 0.645. The summed E-state index contributed by atoms with van der Waals surface area (Å²) in [5.41, 5.74) is 0.0644. The molecule has 0 fully saturated rings. The van der Waals surface area contributed by atoms with Crippen molar-refractivity contribution in [3.63, 3.8) is 0 Å². The highest BCUT2D eigenvalue weighted by Crippen LogP contribution is 2.15. The Hall–Kier alpha value is -2.42. The smallest absolute Gasteiger partial charge is 0.346 e. The molecule has 18 heavy (non-hydrogen) atoms. The van der Waals surface area contributed by atoms with Gasteiger partial charge in [-0.2, -0.15) is 5.26 Å². The Morgan fingerprint density at radius 1 is 1.44 bits per heavy atom. The topological polar surface area (TPSA) is 70.3 Å². The van der Waals surface area contributed by atoms with Gasteiger partial charge in [0.2, 0.25) is 0 Å². The van der Waals surface area contributed by atoms with Gasteiger partial charge in [0.1, 0.15) is 24.0 Å². The second kappa shape index (κ2) is 6.35. The van der Waals surface area contributed by atoms with Crippen LogP contribution in [0.4, 0.5) is 8.78 Å². The van der Waals surface area contributed by atoms with E-state index in [9.17, 15) is 13.6 Å². The number of aliphatic carboxylic acids is 1. The highest BCUT2D eigenvalue weighted by atomic mass is 19.3.